The minimum absolute atomic E-state index is 0.0104. The number of likely N-dealkylation sites (tertiary alicyclic amines) is 1. The van der Waals surface area contributed by atoms with E-state index in [1.165, 1.54) is 44.2 Å². The monoisotopic (exact) mass is 360 g/mol. The number of phenols is 1. The zero-order valence-electron chi connectivity index (χ0n) is 15.1. The smallest absolute Gasteiger partial charge is 0.330 e. The van der Waals surface area contributed by atoms with Crippen molar-refractivity contribution in [3.63, 3.8) is 0 Å². The van der Waals surface area contributed by atoms with Crippen molar-refractivity contribution in [3.05, 3.63) is 29.8 Å². The van der Waals surface area contributed by atoms with Crippen LogP contribution in [0.15, 0.2) is 24.3 Å². The Labute approximate surface area is 154 Å². The summed E-state index contributed by atoms with van der Waals surface area (Å²) >= 11 is 0. The number of rotatable bonds is 5. The Balaban J connectivity index is 1.56. The van der Waals surface area contributed by atoms with Crippen LogP contribution in [0.5, 0.6) is 5.75 Å². The van der Waals surface area contributed by atoms with Crippen LogP contribution in [0.3, 0.4) is 0 Å². The zero-order valence-corrected chi connectivity index (χ0v) is 15.1. The molecular formula is C20H28N2O4. The van der Waals surface area contributed by atoms with Crippen LogP contribution < -0.4 is 5.32 Å². The molecule has 0 bridgehead atoms. The normalized spacial score (nSPS) is 21.2. The van der Waals surface area contributed by atoms with E-state index in [-0.39, 0.29) is 17.6 Å². The second-order valence-corrected chi connectivity index (χ2v) is 7.48. The van der Waals surface area contributed by atoms with E-state index in [0.29, 0.717) is 11.6 Å². The first-order chi connectivity index (χ1) is 12.5. The number of hydrogen-bond donors (Lipinski definition) is 3. The molecule has 0 unspecified atom stereocenters. The van der Waals surface area contributed by atoms with Gasteiger partial charge in [0.2, 0.25) is 5.91 Å². The predicted octanol–water partition coefficient (Wildman–Crippen LogP) is 2.68. The van der Waals surface area contributed by atoms with Crippen LogP contribution in [-0.2, 0) is 9.59 Å². The van der Waals surface area contributed by atoms with Crippen LogP contribution in [0.2, 0.25) is 0 Å². The van der Waals surface area contributed by atoms with Gasteiger partial charge >= 0.3 is 5.97 Å². The first-order valence-electron chi connectivity index (χ1n) is 9.61. The molecule has 0 aromatic heterocycles. The van der Waals surface area contributed by atoms with Crippen molar-refractivity contribution < 1.29 is 19.8 Å². The van der Waals surface area contributed by atoms with E-state index in [1.54, 1.807) is 12.1 Å². The highest BCUT2D eigenvalue weighted by Gasteiger charge is 2.31. The molecule has 6 nitrogen and oxygen atoms in total. The van der Waals surface area contributed by atoms with E-state index in [4.69, 9.17) is 0 Å². The second-order valence-electron chi connectivity index (χ2n) is 7.48. The fourth-order valence-corrected chi connectivity index (χ4v) is 4.23. The van der Waals surface area contributed by atoms with E-state index >= 15 is 0 Å². The summed E-state index contributed by atoms with van der Waals surface area (Å²) in [4.78, 5) is 26.7. The molecule has 1 heterocycles. The first-order valence-corrected chi connectivity index (χ1v) is 9.61. The van der Waals surface area contributed by atoms with Gasteiger partial charge in [0.05, 0.1) is 0 Å². The lowest BCUT2D eigenvalue weighted by Gasteiger charge is -2.39. The topological polar surface area (TPSA) is 89.9 Å². The van der Waals surface area contributed by atoms with Crippen molar-refractivity contribution in [2.24, 2.45) is 5.92 Å². The molecule has 1 saturated heterocycles. The molecule has 1 saturated carbocycles. The van der Waals surface area contributed by atoms with Gasteiger partial charge < -0.3 is 20.4 Å². The molecule has 0 spiro atoms. The number of phenolic OH excluding ortho intramolecular Hbond substituents is 1. The number of hydrogen-bond acceptors (Lipinski definition) is 4. The highest BCUT2D eigenvalue weighted by Crippen LogP contribution is 2.28. The third-order valence-electron chi connectivity index (χ3n) is 5.73. The number of benzene rings is 1. The summed E-state index contributed by atoms with van der Waals surface area (Å²) in [6.07, 6.45) is 8.00. The first kappa shape index (κ1) is 18.7. The molecule has 26 heavy (non-hydrogen) atoms. The van der Waals surface area contributed by atoms with Crippen LogP contribution in [0.25, 0.3) is 0 Å². The molecule has 142 valence electrons. The molecule has 3 rings (SSSR count). The number of carbonyl (C=O) groups is 2. The molecule has 1 aromatic rings. The average Bonchev–Trinajstić information content (AvgIpc) is 2.66. The molecule has 1 atom stereocenters. The minimum Gasteiger partial charge on any atom is -0.508 e. The molecule has 2 fully saturated rings. The fraction of sp³-hybridized carbons (Fsp3) is 0.600. The summed E-state index contributed by atoms with van der Waals surface area (Å²) in [5.41, 5.74) is 0.380. The average molecular weight is 360 g/mol. The van der Waals surface area contributed by atoms with Gasteiger partial charge in [-0.1, -0.05) is 31.4 Å². The predicted molar refractivity (Wildman–Crippen MR) is 97.8 cm³/mol. The lowest BCUT2D eigenvalue weighted by Crippen LogP contribution is -2.46. The van der Waals surface area contributed by atoms with Crippen LogP contribution in [0.1, 0.15) is 56.6 Å². The van der Waals surface area contributed by atoms with Crippen LogP contribution >= 0.6 is 0 Å². The summed E-state index contributed by atoms with van der Waals surface area (Å²) < 4.78 is 0. The van der Waals surface area contributed by atoms with Crippen LogP contribution in [0.4, 0.5) is 0 Å². The van der Waals surface area contributed by atoms with Crippen molar-refractivity contribution in [2.75, 3.05) is 13.1 Å². The Morgan fingerprint density at radius 3 is 2.38 bits per heavy atom. The van der Waals surface area contributed by atoms with E-state index in [1.807, 2.05) is 0 Å². The Bertz CT molecular complexity index is 634. The molecule has 1 amide bonds. The van der Waals surface area contributed by atoms with E-state index in [9.17, 15) is 19.8 Å². The fourth-order valence-electron chi connectivity index (χ4n) is 4.23. The quantitative estimate of drug-likeness (QED) is 0.751. The van der Waals surface area contributed by atoms with Gasteiger partial charge in [-0.15, -0.1) is 0 Å². The molecule has 1 aliphatic carbocycles. The second kappa shape index (κ2) is 8.54. The largest absolute Gasteiger partial charge is 0.508 e. The summed E-state index contributed by atoms with van der Waals surface area (Å²) in [5, 5.41) is 21.7. The van der Waals surface area contributed by atoms with Gasteiger partial charge in [-0.25, -0.2) is 4.79 Å². The number of nitrogens with zero attached hydrogens (tertiary/aromatic N) is 1. The van der Waals surface area contributed by atoms with Gasteiger partial charge in [0.1, 0.15) is 5.75 Å². The van der Waals surface area contributed by atoms with Gasteiger partial charge in [-0.05, 0) is 56.5 Å². The van der Waals surface area contributed by atoms with Crippen molar-refractivity contribution in [2.45, 2.75) is 57.0 Å². The van der Waals surface area contributed by atoms with Crippen molar-refractivity contribution in [1.82, 2.24) is 10.2 Å². The van der Waals surface area contributed by atoms with Crippen molar-refractivity contribution in [1.29, 1.82) is 0 Å². The zero-order chi connectivity index (χ0) is 18.5. The minimum atomic E-state index is -1.13. The van der Waals surface area contributed by atoms with E-state index < -0.39 is 12.0 Å². The number of carbonyl (C=O) groups excluding carboxylic acids is 1. The molecule has 0 radical (unpaired) electrons. The number of aromatic hydroxyl groups is 1. The number of carboxylic acid groups (broad SMARTS) is 1. The SMILES string of the molecule is O=C(N[C@H](C(=O)O)c1cccc(O)c1)C1CCN(C2CCCCC2)CC1. The number of piperidine rings is 1. The molecule has 1 aliphatic heterocycles. The van der Waals surface area contributed by atoms with Gasteiger partial charge in [-0.3, -0.25) is 4.79 Å². The molecule has 6 heteroatoms. The van der Waals surface area contributed by atoms with E-state index in [2.05, 4.69) is 10.2 Å². The third kappa shape index (κ3) is 4.55. The van der Waals surface area contributed by atoms with Crippen molar-refractivity contribution >= 4 is 11.9 Å². The number of carboxylic acids is 1. The lowest BCUT2D eigenvalue weighted by molar-refractivity contribution is -0.143. The summed E-state index contributed by atoms with van der Waals surface area (Å²) in [6, 6.07) is 5.56. The van der Waals surface area contributed by atoms with Crippen molar-refractivity contribution in [3.8, 4) is 5.75 Å². The van der Waals surface area contributed by atoms with Gasteiger partial charge in [0.15, 0.2) is 6.04 Å². The number of amides is 1. The molecule has 3 N–H and O–H groups in total. The highest BCUT2D eigenvalue weighted by atomic mass is 16.4. The molecular weight excluding hydrogens is 332 g/mol. The third-order valence-corrected chi connectivity index (χ3v) is 5.73. The number of aliphatic carboxylic acids is 1. The summed E-state index contributed by atoms with van der Waals surface area (Å²) in [5.74, 6) is -1.48. The molecule has 1 aromatic carbocycles. The maximum atomic E-state index is 12.6. The maximum absolute atomic E-state index is 12.6. The highest BCUT2D eigenvalue weighted by molar-refractivity contribution is 5.86. The standard InChI is InChI=1S/C20H28N2O4/c23-17-8-4-5-15(13-17)18(20(25)26)21-19(24)14-9-11-22(12-10-14)16-6-2-1-3-7-16/h4-5,8,13-14,16,18,23H,1-3,6-7,9-12H2,(H,21,24)(H,25,26)/t18-/m0/s1. The summed E-state index contributed by atoms with van der Waals surface area (Å²) in [7, 11) is 0. The maximum Gasteiger partial charge on any atom is 0.330 e. The number of nitrogens with one attached hydrogen (secondary N) is 1. The Hall–Kier alpha value is -2.08. The Morgan fingerprint density at radius 1 is 1.08 bits per heavy atom. The van der Waals surface area contributed by atoms with Gasteiger partial charge in [0, 0.05) is 12.0 Å². The lowest BCUT2D eigenvalue weighted by atomic mass is 9.89. The Morgan fingerprint density at radius 2 is 1.77 bits per heavy atom. The molecule has 2 aliphatic rings. The van der Waals surface area contributed by atoms with Crippen LogP contribution in [0, 0.1) is 5.92 Å². The van der Waals surface area contributed by atoms with Gasteiger partial charge in [-0.2, -0.15) is 0 Å². The van der Waals surface area contributed by atoms with Crippen LogP contribution in [-0.4, -0.2) is 46.1 Å². The van der Waals surface area contributed by atoms with E-state index in [0.717, 1.165) is 25.9 Å². The Kier molecular flexibility index (Phi) is 6.14. The van der Waals surface area contributed by atoms with Gasteiger partial charge in [0.25, 0.3) is 0 Å². The summed E-state index contributed by atoms with van der Waals surface area (Å²) in [6.45, 7) is 1.82.